The predicted octanol–water partition coefficient (Wildman–Crippen LogP) is 1.72. The number of rotatable bonds is 0. The molecule has 2 atom stereocenters. The van der Waals surface area contributed by atoms with Gasteiger partial charge in [0.2, 0.25) is 0 Å². The molecule has 0 saturated heterocycles. The summed E-state index contributed by atoms with van der Waals surface area (Å²) in [5.74, 6) is 1.18. The molecule has 0 aromatic carbocycles. The highest BCUT2D eigenvalue weighted by molar-refractivity contribution is 5.91. The van der Waals surface area contributed by atoms with Crippen LogP contribution in [0.2, 0.25) is 0 Å². The smallest absolute Gasteiger partial charge is 0.136 e. The number of ketones is 2. The zero-order chi connectivity index (χ0) is 8.55. The molecule has 0 aromatic heterocycles. The standard InChI is InChI=1S/C10H14O2/c11-8-5-7-3-1-2-4-10(12)9(7)6-8/h7,9H,1-6H2/t7-,9-/m1/s1. The number of carbonyl (C=O) groups excluding carboxylic acids is 2. The molecule has 2 fully saturated rings. The first-order valence-corrected chi connectivity index (χ1v) is 4.82. The Morgan fingerprint density at radius 1 is 1.08 bits per heavy atom. The lowest BCUT2D eigenvalue weighted by molar-refractivity contribution is -0.125. The minimum atomic E-state index is 0.111. The fourth-order valence-corrected chi connectivity index (χ4v) is 2.50. The summed E-state index contributed by atoms with van der Waals surface area (Å²) in [7, 11) is 0. The normalized spacial score (nSPS) is 36.3. The Balaban J connectivity index is 2.14. The van der Waals surface area contributed by atoms with Crippen molar-refractivity contribution in [2.75, 3.05) is 0 Å². The van der Waals surface area contributed by atoms with E-state index in [-0.39, 0.29) is 5.92 Å². The third-order valence-corrected chi connectivity index (χ3v) is 3.17. The summed E-state index contributed by atoms with van der Waals surface area (Å²) in [4.78, 5) is 22.6. The second-order valence-corrected chi connectivity index (χ2v) is 4.03. The van der Waals surface area contributed by atoms with Crippen LogP contribution in [0.3, 0.4) is 0 Å². The van der Waals surface area contributed by atoms with Crippen molar-refractivity contribution in [2.45, 2.75) is 38.5 Å². The van der Waals surface area contributed by atoms with Gasteiger partial charge in [-0.05, 0) is 18.8 Å². The van der Waals surface area contributed by atoms with Crippen LogP contribution in [0.1, 0.15) is 38.5 Å². The summed E-state index contributed by atoms with van der Waals surface area (Å²) in [5.41, 5.74) is 0. The molecule has 0 unspecified atom stereocenters. The first-order valence-electron chi connectivity index (χ1n) is 4.82. The quantitative estimate of drug-likeness (QED) is 0.549. The molecule has 0 aromatic rings. The summed E-state index contributed by atoms with van der Waals surface area (Å²) >= 11 is 0. The van der Waals surface area contributed by atoms with E-state index in [1.165, 1.54) is 0 Å². The van der Waals surface area contributed by atoms with Crippen molar-refractivity contribution < 1.29 is 9.59 Å². The molecule has 0 aliphatic heterocycles. The minimum Gasteiger partial charge on any atom is -0.300 e. The maximum Gasteiger partial charge on any atom is 0.136 e. The van der Waals surface area contributed by atoms with Crippen molar-refractivity contribution in [1.29, 1.82) is 0 Å². The molecule has 0 amide bonds. The van der Waals surface area contributed by atoms with E-state index in [4.69, 9.17) is 0 Å². The first kappa shape index (κ1) is 7.96. The summed E-state index contributed by atoms with van der Waals surface area (Å²) in [6.07, 6.45) is 5.22. The Labute approximate surface area is 72.3 Å². The average molecular weight is 166 g/mol. The van der Waals surface area contributed by atoms with Gasteiger partial charge in [-0.3, -0.25) is 9.59 Å². The highest BCUT2D eigenvalue weighted by atomic mass is 16.1. The lowest BCUT2D eigenvalue weighted by Crippen LogP contribution is -2.15. The molecule has 0 bridgehead atoms. The lowest BCUT2D eigenvalue weighted by Gasteiger charge is -2.11. The van der Waals surface area contributed by atoms with Crippen LogP contribution in [-0.4, -0.2) is 11.6 Å². The molecule has 2 rings (SSSR count). The first-order chi connectivity index (χ1) is 5.77. The summed E-state index contributed by atoms with van der Waals surface area (Å²) < 4.78 is 0. The van der Waals surface area contributed by atoms with Crippen molar-refractivity contribution >= 4 is 11.6 Å². The number of carbonyl (C=O) groups is 2. The second kappa shape index (κ2) is 3.00. The van der Waals surface area contributed by atoms with Crippen molar-refractivity contribution in [3.63, 3.8) is 0 Å². The summed E-state index contributed by atoms with van der Waals surface area (Å²) in [6.45, 7) is 0. The van der Waals surface area contributed by atoms with Crippen LogP contribution in [0.4, 0.5) is 0 Å². The Hall–Kier alpha value is -0.660. The Morgan fingerprint density at radius 3 is 2.75 bits per heavy atom. The van der Waals surface area contributed by atoms with E-state index in [1.807, 2.05) is 0 Å². The number of hydrogen-bond donors (Lipinski definition) is 0. The third-order valence-electron chi connectivity index (χ3n) is 3.17. The Morgan fingerprint density at radius 2 is 1.92 bits per heavy atom. The van der Waals surface area contributed by atoms with E-state index in [0.717, 1.165) is 19.3 Å². The van der Waals surface area contributed by atoms with E-state index in [2.05, 4.69) is 0 Å². The van der Waals surface area contributed by atoms with Crippen LogP contribution < -0.4 is 0 Å². The van der Waals surface area contributed by atoms with Crippen molar-refractivity contribution in [3.8, 4) is 0 Å². The second-order valence-electron chi connectivity index (χ2n) is 4.03. The van der Waals surface area contributed by atoms with Gasteiger partial charge in [-0.25, -0.2) is 0 Å². The van der Waals surface area contributed by atoms with Crippen molar-refractivity contribution in [2.24, 2.45) is 11.8 Å². The van der Waals surface area contributed by atoms with Gasteiger partial charge >= 0.3 is 0 Å². The van der Waals surface area contributed by atoms with Crippen LogP contribution in [0.15, 0.2) is 0 Å². The maximum absolute atomic E-state index is 11.5. The predicted molar refractivity (Wildman–Crippen MR) is 44.7 cm³/mol. The maximum atomic E-state index is 11.5. The van der Waals surface area contributed by atoms with E-state index in [0.29, 0.717) is 36.7 Å². The highest BCUT2D eigenvalue weighted by Gasteiger charge is 2.37. The minimum absolute atomic E-state index is 0.111. The lowest BCUT2D eigenvalue weighted by atomic mass is 9.91. The number of Topliss-reactive ketones (excluding diaryl/α,β-unsaturated/α-hetero) is 2. The molecule has 2 heteroatoms. The molecular weight excluding hydrogens is 152 g/mol. The third kappa shape index (κ3) is 1.30. The van der Waals surface area contributed by atoms with Crippen LogP contribution in [0.25, 0.3) is 0 Å². The van der Waals surface area contributed by atoms with Gasteiger partial charge in [0.05, 0.1) is 0 Å². The van der Waals surface area contributed by atoms with Crippen LogP contribution in [0.5, 0.6) is 0 Å². The molecular formula is C10H14O2. The van der Waals surface area contributed by atoms with E-state index < -0.39 is 0 Å². The molecule has 2 aliphatic rings. The fraction of sp³-hybridized carbons (Fsp3) is 0.800. The highest BCUT2D eigenvalue weighted by Crippen LogP contribution is 2.37. The average Bonchev–Trinajstić information content (AvgIpc) is 2.33. The van der Waals surface area contributed by atoms with Crippen LogP contribution >= 0.6 is 0 Å². The van der Waals surface area contributed by atoms with Crippen LogP contribution in [-0.2, 0) is 9.59 Å². The molecule has 0 spiro atoms. The Kier molecular flexibility index (Phi) is 1.99. The molecule has 0 radical (unpaired) electrons. The van der Waals surface area contributed by atoms with Gasteiger partial charge in [0.1, 0.15) is 11.6 Å². The topological polar surface area (TPSA) is 34.1 Å². The van der Waals surface area contributed by atoms with Gasteiger partial charge in [-0.15, -0.1) is 0 Å². The summed E-state index contributed by atoms with van der Waals surface area (Å²) in [6, 6.07) is 0. The monoisotopic (exact) mass is 166 g/mol. The van der Waals surface area contributed by atoms with E-state index >= 15 is 0 Å². The van der Waals surface area contributed by atoms with Gasteiger partial charge < -0.3 is 0 Å². The molecule has 2 saturated carbocycles. The van der Waals surface area contributed by atoms with Crippen molar-refractivity contribution in [1.82, 2.24) is 0 Å². The molecule has 12 heavy (non-hydrogen) atoms. The SMILES string of the molecule is O=C1C[C@H]2CCCCC(=O)[C@@H]2C1. The summed E-state index contributed by atoms with van der Waals surface area (Å²) in [5, 5.41) is 0. The van der Waals surface area contributed by atoms with Gasteiger partial charge in [-0.2, -0.15) is 0 Å². The molecule has 2 nitrogen and oxygen atoms in total. The zero-order valence-electron chi connectivity index (χ0n) is 7.21. The number of hydrogen-bond acceptors (Lipinski definition) is 2. The van der Waals surface area contributed by atoms with Crippen LogP contribution in [0, 0.1) is 11.8 Å². The van der Waals surface area contributed by atoms with Gasteiger partial charge in [0.25, 0.3) is 0 Å². The largest absolute Gasteiger partial charge is 0.300 e. The fourth-order valence-electron chi connectivity index (χ4n) is 2.50. The molecule has 2 aliphatic carbocycles. The zero-order valence-corrected chi connectivity index (χ0v) is 7.21. The molecule has 0 N–H and O–H groups in total. The van der Waals surface area contributed by atoms with Crippen molar-refractivity contribution in [3.05, 3.63) is 0 Å². The van der Waals surface area contributed by atoms with Gasteiger partial charge in [0, 0.05) is 25.2 Å². The van der Waals surface area contributed by atoms with E-state index in [9.17, 15) is 9.59 Å². The molecule has 0 heterocycles. The Bertz CT molecular complexity index is 220. The molecule has 66 valence electrons. The number of fused-ring (bicyclic) bond motifs is 1. The van der Waals surface area contributed by atoms with Gasteiger partial charge in [0.15, 0.2) is 0 Å². The van der Waals surface area contributed by atoms with Gasteiger partial charge in [-0.1, -0.05) is 6.42 Å². The van der Waals surface area contributed by atoms with E-state index in [1.54, 1.807) is 0 Å².